The second kappa shape index (κ2) is 4.76. The molecule has 16 heavy (non-hydrogen) atoms. The monoisotopic (exact) mass is 223 g/mol. The number of nitrogens with two attached hydrogens (primary N) is 1. The van der Waals surface area contributed by atoms with E-state index in [2.05, 4.69) is 5.10 Å². The summed E-state index contributed by atoms with van der Waals surface area (Å²) in [5.41, 5.74) is 6.73. The van der Waals surface area contributed by atoms with E-state index in [-0.39, 0.29) is 11.7 Å². The van der Waals surface area contributed by atoms with Crippen molar-refractivity contribution in [2.45, 2.75) is 18.9 Å². The van der Waals surface area contributed by atoms with E-state index in [1.807, 2.05) is 7.05 Å². The lowest BCUT2D eigenvalue weighted by Crippen LogP contribution is -2.31. The molecule has 1 aliphatic heterocycles. The molecule has 1 aromatic rings. The smallest absolute Gasteiger partial charge is 0.157 e. The van der Waals surface area contributed by atoms with Crippen molar-refractivity contribution in [3.8, 4) is 0 Å². The van der Waals surface area contributed by atoms with Crippen molar-refractivity contribution in [3.63, 3.8) is 0 Å². The Labute approximate surface area is 94.6 Å². The Kier molecular flexibility index (Phi) is 3.36. The number of carbonyl (C=O) groups is 1. The maximum Gasteiger partial charge on any atom is 0.157 e. The van der Waals surface area contributed by atoms with Gasteiger partial charge < -0.3 is 10.5 Å². The van der Waals surface area contributed by atoms with Gasteiger partial charge in [-0.3, -0.25) is 9.48 Å². The molecule has 88 valence electrons. The molecule has 2 rings (SSSR count). The Bertz CT molecular complexity index is 369. The van der Waals surface area contributed by atoms with Crippen LogP contribution in [0.3, 0.4) is 0 Å². The van der Waals surface area contributed by atoms with Crippen molar-refractivity contribution in [1.82, 2.24) is 9.78 Å². The third-order valence-corrected chi connectivity index (χ3v) is 3.01. The molecule has 1 fully saturated rings. The minimum Gasteiger partial charge on any atom is -0.381 e. The van der Waals surface area contributed by atoms with E-state index in [0.717, 1.165) is 18.4 Å². The number of aryl methyl sites for hydroxylation is 1. The first-order chi connectivity index (χ1) is 7.68. The molecule has 1 aliphatic rings. The number of Topliss-reactive ketones (excluding diaryl/α,β-unsaturated/α-hetero) is 1. The molecular formula is C11H17N3O2. The van der Waals surface area contributed by atoms with E-state index in [1.165, 1.54) is 0 Å². The van der Waals surface area contributed by atoms with Gasteiger partial charge >= 0.3 is 0 Å². The molecule has 1 saturated heterocycles. The van der Waals surface area contributed by atoms with Crippen molar-refractivity contribution < 1.29 is 9.53 Å². The Hall–Kier alpha value is -1.20. The van der Waals surface area contributed by atoms with E-state index in [1.54, 1.807) is 17.1 Å². The highest BCUT2D eigenvalue weighted by Crippen LogP contribution is 2.22. The van der Waals surface area contributed by atoms with E-state index in [0.29, 0.717) is 13.2 Å². The molecule has 5 heteroatoms. The van der Waals surface area contributed by atoms with Crippen molar-refractivity contribution in [2.24, 2.45) is 18.7 Å². The standard InChI is InChI=1S/C11H17N3O2/c1-14-7-9(6-13-14)10(12)11(15)8-2-4-16-5-3-8/h6-8,10H,2-5,12H2,1H3. The van der Waals surface area contributed by atoms with E-state index in [9.17, 15) is 4.79 Å². The minimum absolute atomic E-state index is 0.0453. The molecule has 0 bridgehead atoms. The number of nitrogens with zero attached hydrogens (tertiary/aromatic N) is 2. The van der Waals surface area contributed by atoms with Crippen LogP contribution in [0.5, 0.6) is 0 Å². The molecule has 2 heterocycles. The second-order valence-electron chi connectivity index (χ2n) is 4.21. The summed E-state index contributed by atoms with van der Waals surface area (Å²) in [5, 5.41) is 4.02. The third kappa shape index (κ3) is 2.31. The maximum atomic E-state index is 12.1. The zero-order valence-corrected chi connectivity index (χ0v) is 9.43. The molecule has 2 N–H and O–H groups in total. The van der Waals surface area contributed by atoms with Crippen molar-refractivity contribution in [1.29, 1.82) is 0 Å². The average Bonchev–Trinajstić information content (AvgIpc) is 2.75. The van der Waals surface area contributed by atoms with Gasteiger partial charge in [0, 0.05) is 37.9 Å². The molecule has 0 amide bonds. The maximum absolute atomic E-state index is 12.1. The van der Waals surface area contributed by atoms with Crippen molar-refractivity contribution in [2.75, 3.05) is 13.2 Å². The second-order valence-corrected chi connectivity index (χ2v) is 4.21. The lowest BCUT2D eigenvalue weighted by atomic mass is 9.89. The van der Waals surface area contributed by atoms with Crippen LogP contribution in [0.15, 0.2) is 12.4 Å². The molecule has 0 aromatic carbocycles. The molecule has 1 atom stereocenters. The summed E-state index contributed by atoms with van der Waals surface area (Å²) in [6.45, 7) is 1.33. The van der Waals surface area contributed by atoms with Crippen LogP contribution in [0.4, 0.5) is 0 Å². The Balaban J connectivity index is 2.03. The number of rotatable bonds is 3. The van der Waals surface area contributed by atoms with E-state index in [4.69, 9.17) is 10.5 Å². The lowest BCUT2D eigenvalue weighted by Gasteiger charge is -2.23. The third-order valence-electron chi connectivity index (χ3n) is 3.01. The molecule has 0 spiro atoms. The molecule has 1 unspecified atom stereocenters. The van der Waals surface area contributed by atoms with Crippen LogP contribution in [0.2, 0.25) is 0 Å². The quantitative estimate of drug-likeness (QED) is 0.806. The predicted molar refractivity (Wildman–Crippen MR) is 58.7 cm³/mol. The fraction of sp³-hybridized carbons (Fsp3) is 0.636. The van der Waals surface area contributed by atoms with Crippen molar-refractivity contribution in [3.05, 3.63) is 18.0 Å². The first-order valence-electron chi connectivity index (χ1n) is 5.54. The highest BCUT2D eigenvalue weighted by molar-refractivity contribution is 5.87. The minimum atomic E-state index is -0.545. The Morgan fingerprint density at radius 1 is 1.62 bits per heavy atom. The summed E-state index contributed by atoms with van der Waals surface area (Å²) in [4.78, 5) is 12.1. The largest absolute Gasteiger partial charge is 0.381 e. The van der Waals surface area contributed by atoms with Crippen LogP contribution in [0.25, 0.3) is 0 Å². The molecule has 1 aromatic heterocycles. The number of ketones is 1. The molecule has 0 radical (unpaired) electrons. The van der Waals surface area contributed by atoms with Gasteiger partial charge in [0.2, 0.25) is 0 Å². The summed E-state index contributed by atoms with van der Waals surface area (Å²) in [6, 6.07) is -0.545. The van der Waals surface area contributed by atoms with Crippen molar-refractivity contribution >= 4 is 5.78 Å². The number of hydrogen-bond donors (Lipinski definition) is 1. The molecule has 0 saturated carbocycles. The topological polar surface area (TPSA) is 70.1 Å². The van der Waals surface area contributed by atoms with E-state index < -0.39 is 6.04 Å². The number of hydrogen-bond acceptors (Lipinski definition) is 4. The Morgan fingerprint density at radius 3 is 2.88 bits per heavy atom. The zero-order chi connectivity index (χ0) is 11.5. The van der Waals surface area contributed by atoms with Gasteiger partial charge in [0.1, 0.15) is 0 Å². The fourth-order valence-corrected chi connectivity index (χ4v) is 2.00. The van der Waals surface area contributed by atoms with Gasteiger partial charge in [-0.1, -0.05) is 0 Å². The van der Waals surface area contributed by atoms with Crippen LogP contribution in [-0.2, 0) is 16.6 Å². The molecule has 5 nitrogen and oxygen atoms in total. The van der Waals surface area contributed by atoms with Crippen LogP contribution in [0.1, 0.15) is 24.4 Å². The van der Waals surface area contributed by atoms with Crippen LogP contribution < -0.4 is 5.73 Å². The zero-order valence-electron chi connectivity index (χ0n) is 9.43. The van der Waals surface area contributed by atoms with Gasteiger partial charge in [0.05, 0.1) is 12.2 Å². The van der Waals surface area contributed by atoms with Crippen LogP contribution >= 0.6 is 0 Å². The highest BCUT2D eigenvalue weighted by atomic mass is 16.5. The van der Waals surface area contributed by atoms with Gasteiger partial charge in [-0.05, 0) is 12.8 Å². The van der Waals surface area contributed by atoms with E-state index >= 15 is 0 Å². The summed E-state index contributed by atoms with van der Waals surface area (Å²) >= 11 is 0. The Morgan fingerprint density at radius 2 is 2.31 bits per heavy atom. The lowest BCUT2D eigenvalue weighted by molar-refractivity contribution is -0.127. The van der Waals surface area contributed by atoms with Crippen LogP contribution in [-0.4, -0.2) is 28.8 Å². The SMILES string of the molecule is Cn1cc(C(N)C(=O)C2CCOCC2)cn1. The van der Waals surface area contributed by atoms with Crippen LogP contribution in [0, 0.1) is 5.92 Å². The number of aromatic nitrogens is 2. The highest BCUT2D eigenvalue weighted by Gasteiger charge is 2.27. The van der Waals surface area contributed by atoms with Gasteiger partial charge in [-0.15, -0.1) is 0 Å². The molecular weight excluding hydrogens is 206 g/mol. The number of ether oxygens (including phenoxy) is 1. The van der Waals surface area contributed by atoms with Gasteiger partial charge in [-0.2, -0.15) is 5.10 Å². The number of carbonyl (C=O) groups excluding carboxylic acids is 1. The average molecular weight is 223 g/mol. The summed E-state index contributed by atoms with van der Waals surface area (Å²) < 4.78 is 6.89. The van der Waals surface area contributed by atoms with Gasteiger partial charge in [-0.25, -0.2) is 0 Å². The molecule has 0 aliphatic carbocycles. The first-order valence-corrected chi connectivity index (χ1v) is 5.54. The summed E-state index contributed by atoms with van der Waals surface area (Å²) in [5.74, 6) is 0.153. The fourth-order valence-electron chi connectivity index (χ4n) is 2.00. The first kappa shape index (κ1) is 11.3. The summed E-state index contributed by atoms with van der Waals surface area (Å²) in [6.07, 6.45) is 5.02. The normalized spacial score (nSPS) is 19.6. The van der Waals surface area contributed by atoms with Gasteiger partial charge in [0.15, 0.2) is 5.78 Å². The predicted octanol–water partition coefficient (Wildman–Crippen LogP) is 0.416. The van der Waals surface area contributed by atoms with Gasteiger partial charge in [0.25, 0.3) is 0 Å². The summed E-state index contributed by atoms with van der Waals surface area (Å²) in [7, 11) is 1.81.